The molecule has 0 saturated heterocycles. The number of fused-ring (bicyclic) bond motifs is 1. The number of benzene rings is 2. The first kappa shape index (κ1) is 15.9. The summed E-state index contributed by atoms with van der Waals surface area (Å²) in [4.78, 5) is 17.2. The molecule has 7 heteroatoms. The number of allylic oxidation sites excluding steroid dienone is 1. The van der Waals surface area contributed by atoms with Gasteiger partial charge in [-0.2, -0.15) is 10.1 Å². The molecule has 1 aliphatic heterocycles. The normalized spacial score (nSPS) is 16.0. The molecule has 0 radical (unpaired) electrons. The van der Waals surface area contributed by atoms with Gasteiger partial charge in [-0.05, 0) is 36.8 Å². The van der Waals surface area contributed by atoms with Gasteiger partial charge in [-0.1, -0.05) is 30.3 Å². The van der Waals surface area contributed by atoms with Crippen molar-refractivity contribution in [1.82, 2.24) is 14.8 Å². The fraction of sp³-hybridized carbons (Fsp3) is 0.105. The maximum atomic E-state index is 13.0. The summed E-state index contributed by atoms with van der Waals surface area (Å²) < 4.78 is 1.64. The molecule has 0 spiro atoms. The van der Waals surface area contributed by atoms with Crippen molar-refractivity contribution in [2.45, 2.75) is 13.0 Å². The third-order valence-corrected chi connectivity index (χ3v) is 4.26. The minimum absolute atomic E-state index is 0.128. The molecule has 0 aliphatic carbocycles. The molecule has 1 amide bonds. The van der Waals surface area contributed by atoms with E-state index in [2.05, 4.69) is 20.7 Å². The summed E-state index contributed by atoms with van der Waals surface area (Å²) in [7, 11) is 0. The molecule has 1 unspecified atom stereocenters. The van der Waals surface area contributed by atoms with Gasteiger partial charge in [-0.3, -0.25) is 4.79 Å². The van der Waals surface area contributed by atoms with Crippen LogP contribution in [-0.4, -0.2) is 25.8 Å². The third-order valence-electron chi connectivity index (χ3n) is 4.26. The van der Waals surface area contributed by atoms with E-state index in [1.807, 2.05) is 43.3 Å². The average molecular weight is 347 g/mol. The van der Waals surface area contributed by atoms with Gasteiger partial charge in [-0.25, -0.2) is 4.68 Å². The first-order valence-corrected chi connectivity index (χ1v) is 8.16. The highest BCUT2D eigenvalue weighted by Crippen LogP contribution is 2.36. The van der Waals surface area contributed by atoms with E-state index in [-0.39, 0.29) is 11.7 Å². The SMILES string of the molecule is CC1=C(C(=O)Nc2ccccc2)C(c2cccc(O)c2)n2ncnc2N1. The zero-order valence-corrected chi connectivity index (χ0v) is 14.0. The number of para-hydroxylation sites is 1. The molecule has 0 fully saturated rings. The van der Waals surface area contributed by atoms with Gasteiger partial charge in [0.25, 0.3) is 5.91 Å². The van der Waals surface area contributed by atoms with E-state index >= 15 is 0 Å². The second-order valence-corrected chi connectivity index (χ2v) is 6.01. The summed E-state index contributed by atoms with van der Waals surface area (Å²) in [5.41, 5.74) is 2.65. The summed E-state index contributed by atoms with van der Waals surface area (Å²) in [6.45, 7) is 1.83. The van der Waals surface area contributed by atoms with E-state index in [9.17, 15) is 9.90 Å². The van der Waals surface area contributed by atoms with Crippen LogP contribution in [0.1, 0.15) is 18.5 Å². The molecular weight excluding hydrogens is 330 g/mol. The zero-order valence-electron chi connectivity index (χ0n) is 14.0. The van der Waals surface area contributed by atoms with Crippen LogP contribution in [0.15, 0.2) is 72.2 Å². The Bertz CT molecular complexity index is 994. The predicted octanol–water partition coefficient (Wildman–Crippen LogP) is 2.91. The number of nitrogens with zero attached hydrogens (tertiary/aromatic N) is 3. The van der Waals surface area contributed by atoms with Crippen LogP contribution in [0.5, 0.6) is 5.75 Å². The van der Waals surface area contributed by atoms with Crippen LogP contribution < -0.4 is 10.6 Å². The minimum Gasteiger partial charge on any atom is -0.508 e. The number of carbonyl (C=O) groups excluding carboxylic acids is 1. The van der Waals surface area contributed by atoms with E-state index in [0.29, 0.717) is 22.9 Å². The molecule has 1 atom stereocenters. The Labute approximate surface area is 150 Å². The molecular formula is C19H17N5O2. The average Bonchev–Trinajstić information content (AvgIpc) is 3.09. The quantitative estimate of drug-likeness (QED) is 0.677. The molecule has 0 saturated carbocycles. The van der Waals surface area contributed by atoms with E-state index < -0.39 is 6.04 Å². The second kappa shape index (κ2) is 6.36. The fourth-order valence-corrected chi connectivity index (χ4v) is 3.11. The van der Waals surface area contributed by atoms with Crippen LogP contribution in [0.2, 0.25) is 0 Å². The molecule has 2 heterocycles. The number of hydrogen-bond acceptors (Lipinski definition) is 5. The van der Waals surface area contributed by atoms with Gasteiger partial charge in [-0.15, -0.1) is 0 Å². The molecule has 130 valence electrons. The lowest BCUT2D eigenvalue weighted by Gasteiger charge is -2.28. The summed E-state index contributed by atoms with van der Waals surface area (Å²) >= 11 is 0. The number of aromatic hydroxyl groups is 1. The predicted molar refractivity (Wildman–Crippen MR) is 97.7 cm³/mol. The van der Waals surface area contributed by atoms with Crippen molar-refractivity contribution in [3.8, 4) is 5.75 Å². The number of hydrogen-bond donors (Lipinski definition) is 3. The van der Waals surface area contributed by atoms with Crippen molar-refractivity contribution in [3.05, 3.63) is 77.8 Å². The van der Waals surface area contributed by atoms with Crippen molar-refractivity contribution >= 4 is 17.5 Å². The van der Waals surface area contributed by atoms with Crippen molar-refractivity contribution in [1.29, 1.82) is 0 Å². The summed E-state index contributed by atoms with van der Waals surface area (Å²) in [6, 6.07) is 15.6. The monoisotopic (exact) mass is 347 g/mol. The van der Waals surface area contributed by atoms with Crippen LogP contribution >= 0.6 is 0 Å². The second-order valence-electron chi connectivity index (χ2n) is 6.01. The molecule has 0 bridgehead atoms. The fourth-order valence-electron chi connectivity index (χ4n) is 3.11. The summed E-state index contributed by atoms with van der Waals surface area (Å²) in [5.74, 6) is 0.436. The Morgan fingerprint density at radius 2 is 2.00 bits per heavy atom. The number of phenolic OH excluding ortho intramolecular Hbond substituents is 1. The first-order valence-electron chi connectivity index (χ1n) is 8.16. The number of carbonyl (C=O) groups is 1. The largest absolute Gasteiger partial charge is 0.508 e. The van der Waals surface area contributed by atoms with E-state index in [4.69, 9.17) is 0 Å². The van der Waals surface area contributed by atoms with Crippen LogP contribution in [0.4, 0.5) is 11.6 Å². The van der Waals surface area contributed by atoms with Crippen molar-refractivity contribution < 1.29 is 9.90 Å². The van der Waals surface area contributed by atoms with Crippen LogP contribution in [0.25, 0.3) is 0 Å². The lowest BCUT2D eigenvalue weighted by atomic mass is 9.95. The Kier molecular flexibility index (Phi) is 3.89. The Balaban J connectivity index is 1.78. The van der Waals surface area contributed by atoms with Crippen LogP contribution in [-0.2, 0) is 4.79 Å². The molecule has 7 nitrogen and oxygen atoms in total. The number of amides is 1. The van der Waals surface area contributed by atoms with Crippen molar-refractivity contribution in [3.63, 3.8) is 0 Å². The minimum atomic E-state index is -0.496. The van der Waals surface area contributed by atoms with E-state index in [0.717, 1.165) is 5.56 Å². The Hall–Kier alpha value is -3.61. The van der Waals surface area contributed by atoms with Gasteiger partial charge >= 0.3 is 0 Å². The highest BCUT2D eigenvalue weighted by atomic mass is 16.3. The van der Waals surface area contributed by atoms with Gasteiger partial charge in [0.15, 0.2) is 0 Å². The highest BCUT2D eigenvalue weighted by Gasteiger charge is 2.33. The number of anilines is 2. The number of rotatable bonds is 3. The number of phenols is 1. The zero-order chi connectivity index (χ0) is 18.1. The highest BCUT2D eigenvalue weighted by molar-refractivity contribution is 6.06. The number of nitrogens with one attached hydrogen (secondary N) is 2. The topological polar surface area (TPSA) is 92.1 Å². The Morgan fingerprint density at radius 3 is 2.77 bits per heavy atom. The van der Waals surface area contributed by atoms with Gasteiger partial charge < -0.3 is 15.7 Å². The lowest BCUT2D eigenvalue weighted by molar-refractivity contribution is -0.113. The molecule has 3 N–H and O–H groups in total. The van der Waals surface area contributed by atoms with Gasteiger partial charge in [0.1, 0.15) is 18.1 Å². The molecule has 3 aromatic rings. The molecule has 2 aromatic carbocycles. The van der Waals surface area contributed by atoms with E-state index in [1.54, 1.807) is 22.9 Å². The van der Waals surface area contributed by atoms with Gasteiger partial charge in [0, 0.05) is 11.4 Å². The van der Waals surface area contributed by atoms with E-state index in [1.165, 1.54) is 6.33 Å². The summed E-state index contributed by atoms with van der Waals surface area (Å²) in [5, 5.41) is 20.2. The smallest absolute Gasteiger partial charge is 0.255 e. The lowest BCUT2D eigenvalue weighted by Crippen LogP contribution is -2.31. The summed E-state index contributed by atoms with van der Waals surface area (Å²) in [6.07, 6.45) is 1.43. The van der Waals surface area contributed by atoms with Crippen molar-refractivity contribution in [2.24, 2.45) is 0 Å². The molecule has 26 heavy (non-hydrogen) atoms. The third kappa shape index (κ3) is 2.79. The standard InChI is InChI=1S/C19H17N5O2/c1-12-16(18(26)23-14-7-3-2-4-8-14)17(13-6-5-9-15(25)10-13)24-19(22-12)20-11-21-24/h2-11,17,25H,1H3,(H,23,26)(H,20,21,22). The number of aromatic nitrogens is 3. The molecule has 1 aliphatic rings. The maximum Gasteiger partial charge on any atom is 0.255 e. The molecule has 1 aromatic heterocycles. The first-order chi connectivity index (χ1) is 12.6. The maximum absolute atomic E-state index is 13.0. The van der Waals surface area contributed by atoms with Gasteiger partial charge in [0.05, 0.1) is 5.57 Å². The molecule has 4 rings (SSSR count). The Morgan fingerprint density at radius 1 is 1.19 bits per heavy atom. The van der Waals surface area contributed by atoms with Crippen LogP contribution in [0.3, 0.4) is 0 Å². The van der Waals surface area contributed by atoms with Crippen LogP contribution in [0, 0.1) is 0 Å². The van der Waals surface area contributed by atoms with Crippen molar-refractivity contribution in [2.75, 3.05) is 10.6 Å². The van der Waals surface area contributed by atoms with Gasteiger partial charge in [0.2, 0.25) is 5.95 Å².